The zero-order chi connectivity index (χ0) is 32.0. The third-order valence-corrected chi connectivity index (χ3v) is 9.12. The zero-order valence-electron chi connectivity index (χ0n) is 25.5. The van der Waals surface area contributed by atoms with Gasteiger partial charge in [-0.15, -0.1) is 6.42 Å². The Morgan fingerprint density at radius 3 is 2.70 bits per heavy atom. The molecule has 240 valence electrons. The Hall–Kier alpha value is -4.34. The molecule has 0 spiro atoms. The van der Waals surface area contributed by atoms with E-state index in [4.69, 9.17) is 25.6 Å². The van der Waals surface area contributed by atoms with Gasteiger partial charge in [0, 0.05) is 55.7 Å². The number of hydrogen-bond acceptors (Lipinski definition) is 9. The Morgan fingerprint density at radius 1 is 1.11 bits per heavy atom. The zero-order valence-corrected chi connectivity index (χ0v) is 25.5. The SMILES string of the molecule is C#Cc1c(F)ccc2cc(O)cc(-c3nc(OC)c4c(N5CCCOCC5)nc(OCC5(CN6CC[C@@H](F)C6)CC5)nc4c3F)c12. The van der Waals surface area contributed by atoms with Gasteiger partial charge in [0.15, 0.2) is 5.82 Å². The van der Waals surface area contributed by atoms with Gasteiger partial charge in [0.2, 0.25) is 5.88 Å². The molecular weight excluding hydrogens is 599 g/mol. The van der Waals surface area contributed by atoms with Crippen molar-refractivity contribution in [1.82, 2.24) is 19.9 Å². The van der Waals surface area contributed by atoms with E-state index in [9.17, 15) is 13.9 Å². The number of phenols is 1. The van der Waals surface area contributed by atoms with Gasteiger partial charge in [0.1, 0.15) is 40.2 Å². The van der Waals surface area contributed by atoms with Crippen LogP contribution in [0, 0.1) is 29.4 Å². The maximum absolute atomic E-state index is 16.9. The van der Waals surface area contributed by atoms with E-state index < -0.39 is 17.8 Å². The highest BCUT2D eigenvalue weighted by Gasteiger charge is 2.46. The van der Waals surface area contributed by atoms with Crippen LogP contribution in [0.25, 0.3) is 32.9 Å². The van der Waals surface area contributed by atoms with E-state index in [0.717, 1.165) is 19.3 Å². The Kier molecular flexibility index (Phi) is 7.98. The van der Waals surface area contributed by atoms with Crippen molar-refractivity contribution in [2.24, 2.45) is 5.41 Å². The summed E-state index contributed by atoms with van der Waals surface area (Å²) in [4.78, 5) is 17.9. The van der Waals surface area contributed by atoms with Crippen LogP contribution in [0.2, 0.25) is 0 Å². The number of likely N-dealkylation sites (tertiary alicyclic amines) is 1. The Labute approximate surface area is 264 Å². The standard InChI is InChI=1S/C34H34F3N5O4/c1-3-23-25(36)6-5-20-15-22(43)16-24(26(20)23)29-28(37)30-27(32(38-29)44-2)31(42-10-4-13-45-14-12-42)40-33(39-30)46-19-34(8-9-34)18-41-11-7-21(35)17-41/h1,5-6,15-16,21,43H,4,7-14,17-19H2,2H3/t21-/m1/s1. The fraction of sp³-hybridized carbons (Fsp3) is 0.441. The summed E-state index contributed by atoms with van der Waals surface area (Å²) in [5.41, 5.74) is -0.479. The second-order valence-corrected chi connectivity index (χ2v) is 12.4. The summed E-state index contributed by atoms with van der Waals surface area (Å²) < 4.78 is 63.2. The number of fused-ring (bicyclic) bond motifs is 2. The Bertz CT molecular complexity index is 1850. The number of nitrogens with zero attached hydrogens (tertiary/aromatic N) is 5. The van der Waals surface area contributed by atoms with Crippen molar-refractivity contribution in [2.75, 3.05) is 64.6 Å². The molecule has 1 N–H and O–H groups in total. The molecule has 2 aliphatic heterocycles. The number of methoxy groups -OCH3 is 1. The number of pyridine rings is 1. The summed E-state index contributed by atoms with van der Waals surface area (Å²) in [6.07, 6.45) is 8.00. The molecule has 46 heavy (non-hydrogen) atoms. The molecule has 12 heteroatoms. The number of rotatable bonds is 8. The van der Waals surface area contributed by atoms with E-state index in [0.29, 0.717) is 70.2 Å². The molecule has 4 heterocycles. The monoisotopic (exact) mass is 633 g/mol. The minimum absolute atomic E-state index is 0.0158. The van der Waals surface area contributed by atoms with E-state index in [2.05, 4.69) is 20.8 Å². The van der Waals surface area contributed by atoms with Crippen molar-refractivity contribution in [3.8, 4) is 41.2 Å². The van der Waals surface area contributed by atoms with Gasteiger partial charge in [-0.05, 0) is 49.3 Å². The third kappa shape index (κ3) is 5.62. The number of halogens is 3. The van der Waals surface area contributed by atoms with Crippen LogP contribution in [0.1, 0.15) is 31.2 Å². The number of phenolic OH excluding ortho intramolecular Hbond substituents is 1. The number of alkyl halides is 1. The second kappa shape index (κ2) is 12.1. The molecule has 3 fully saturated rings. The molecule has 4 aromatic rings. The van der Waals surface area contributed by atoms with Crippen LogP contribution in [0.3, 0.4) is 0 Å². The number of hydrogen-bond donors (Lipinski definition) is 1. The fourth-order valence-electron chi connectivity index (χ4n) is 6.58. The smallest absolute Gasteiger partial charge is 0.319 e. The predicted molar refractivity (Wildman–Crippen MR) is 167 cm³/mol. The molecule has 3 aliphatic rings. The molecule has 1 aliphatic carbocycles. The molecular formula is C34H34F3N5O4. The van der Waals surface area contributed by atoms with Gasteiger partial charge in [-0.2, -0.15) is 9.97 Å². The van der Waals surface area contributed by atoms with Gasteiger partial charge in [-0.3, -0.25) is 4.90 Å². The third-order valence-electron chi connectivity index (χ3n) is 9.12. The summed E-state index contributed by atoms with van der Waals surface area (Å²) in [6.45, 7) is 4.25. The summed E-state index contributed by atoms with van der Waals surface area (Å²) in [5.74, 6) is 1.12. The lowest BCUT2D eigenvalue weighted by atomic mass is 9.95. The fourth-order valence-corrected chi connectivity index (χ4v) is 6.58. The van der Waals surface area contributed by atoms with Gasteiger partial charge < -0.3 is 24.2 Å². The van der Waals surface area contributed by atoms with Crippen molar-refractivity contribution in [3.05, 3.63) is 41.5 Å². The quantitative estimate of drug-likeness (QED) is 0.261. The normalized spacial score (nSPS) is 19.7. The molecule has 0 amide bonds. The molecule has 0 radical (unpaired) electrons. The molecule has 0 unspecified atom stereocenters. The predicted octanol–water partition coefficient (Wildman–Crippen LogP) is 5.25. The first-order chi connectivity index (χ1) is 22.3. The van der Waals surface area contributed by atoms with Gasteiger partial charge in [0.25, 0.3) is 0 Å². The molecule has 2 saturated heterocycles. The van der Waals surface area contributed by atoms with Gasteiger partial charge in [-0.25, -0.2) is 18.2 Å². The van der Waals surface area contributed by atoms with Crippen molar-refractivity contribution in [1.29, 1.82) is 0 Å². The average molecular weight is 634 g/mol. The number of ether oxygens (including phenoxy) is 3. The van der Waals surface area contributed by atoms with Crippen LogP contribution in [0.5, 0.6) is 17.6 Å². The number of anilines is 1. The summed E-state index contributed by atoms with van der Waals surface area (Å²) in [6, 6.07) is 5.36. The number of aromatic nitrogens is 3. The molecule has 1 atom stereocenters. The average Bonchev–Trinajstić information content (AvgIpc) is 3.77. The van der Waals surface area contributed by atoms with Crippen molar-refractivity contribution in [3.63, 3.8) is 0 Å². The highest BCUT2D eigenvalue weighted by atomic mass is 19.1. The minimum atomic E-state index is -0.832. The van der Waals surface area contributed by atoms with Crippen LogP contribution in [0.15, 0.2) is 24.3 Å². The molecule has 0 bridgehead atoms. The van der Waals surface area contributed by atoms with Gasteiger partial charge in [-0.1, -0.05) is 12.0 Å². The van der Waals surface area contributed by atoms with Gasteiger partial charge in [0.05, 0.1) is 25.9 Å². The molecule has 7 rings (SSSR count). The molecule has 2 aromatic heterocycles. The van der Waals surface area contributed by atoms with Gasteiger partial charge >= 0.3 is 6.01 Å². The van der Waals surface area contributed by atoms with Crippen LogP contribution in [0.4, 0.5) is 19.0 Å². The van der Waals surface area contributed by atoms with E-state index in [1.165, 1.54) is 31.4 Å². The molecule has 2 aromatic carbocycles. The van der Waals surface area contributed by atoms with E-state index >= 15 is 4.39 Å². The van der Waals surface area contributed by atoms with Crippen LogP contribution < -0.4 is 14.4 Å². The maximum atomic E-state index is 16.9. The summed E-state index contributed by atoms with van der Waals surface area (Å²) >= 11 is 0. The first kappa shape index (κ1) is 30.3. The molecule has 9 nitrogen and oxygen atoms in total. The first-order valence-corrected chi connectivity index (χ1v) is 15.5. The molecule has 1 saturated carbocycles. The minimum Gasteiger partial charge on any atom is -0.508 e. The highest BCUT2D eigenvalue weighted by Crippen LogP contribution is 2.47. The van der Waals surface area contributed by atoms with E-state index in [1.807, 2.05) is 4.90 Å². The lowest BCUT2D eigenvalue weighted by Gasteiger charge is -2.25. The van der Waals surface area contributed by atoms with Crippen molar-refractivity contribution in [2.45, 2.75) is 31.9 Å². The maximum Gasteiger partial charge on any atom is 0.319 e. The van der Waals surface area contributed by atoms with Crippen LogP contribution in [-0.4, -0.2) is 90.8 Å². The van der Waals surface area contributed by atoms with E-state index in [-0.39, 0.29) is 56.2 Å². The van der Waals surface area contributed by atoms with Crippen molar-refractivity contribution < 1.29 is 32.5 Å². The summed E-state index contributed by atoms with van der Waals surface area (Å²) in [7, 11) is 1.41. The Balaban J connectivity index is 1.37. The lowest BCUT2D eigenvalue weighted by Crippen LogP contribution is -2.32. The van der Waals surface area contributed by atoms with E-state index in [1.54, 1.807) is 0 Å². The topological polar surface area (TPSA) is 93.1 Å². The lowest BCUT2D eigenvalue weighted by molar-refractivity contribution is 0.152. The number of terminal acetylenes is 1. The largest absolute Gasteiger partial charge is 0.508 e. The van der Waals surface area contributed by atoms with Crippen molar-refractivity contribution >= 4 is 27.5 Å². The highest BCUT2D eigenvalue weighted by molar-refractivity contribution is 6.04. The second-order valence-electron chi connectivity index (χ2n) is 12.4. The Morgan fingerprint density at radius 2 is 1.96 bits per heavy atom. The van der Waals surface area contributed by atoms with Crippen LogP contribution in [-0.2, 0) is 4.74 Å². The van der Waals surface area contributed by atoms with Crippen LogP contribution >= 0.6 is 0 Å². The summed E-state index contributed by atoms with van der Waals surface area (Å²) in [5, 5.41) is 11.5. The first-order valence-electron chi connectivity index (χ1n) is 15.5. The number of aromatic hydroxyl groups is 1. The number of benzene rings is 2.